The Morgan fingerprint density at radius 3 is 2.50 bits per heavy atom. The summed E-state index contributed by atoms with van der Waals surface area (Å²) in [7, 11) is 1.55. The van der Waals surface area contributed by atoms with E-state index < -0.39 is 0 Å². The van der Waals surface area contributed by atoms with Crippen molar-refractivity contribution in [1.82, 2.24) is 15.6 Å². The van der Waals surface area contributed by atoms with E-state index in [1.807, 2.05) is 43.3 Å². The second-order valence-corrected chi connectivity index (χ2v) is 6.52. The molecule has 7 heteroatoms. The van der Waals surface area contributed by atoms with Crippen molar-refractivity contribution < 1.29 is 14.3 Å². The number of aromatic nitrogens is 1. The number of rotatable bonds is 7. The Morgan fingerprint density at radius 2 is 1.77 bits per heavy atom. The fraction of sp³-hybridized carbons (Fsp3) is 0.174. The minimum absolute atomic E-state index is 0.255. The van der Waals surface area contributed by atoms with Crippen LogP contribution in [0.4, 0.5) is 10.5 Å². The van der Waals surface area contributed by atoms with Crippen molar-refractivity contribution in [2.45, 2.75) is 19.9 Å². The van der Waals surface area contributed by atoms with Crippen LogP contribution in [0.5, 0.6) is 11.5 Å². The van der Waals surface area contributed by atoms with E-state index >= 15 is 0 Å². The Balaban J connectivity index is 1.54. The van der Waals surface area contributed by atoms with Crippen LogP contribution in [0.2, 0.25) is 0 Å². The van der Waals surface area contributed by atoms with E-state index in [0.717, 1.165) is 23.2 Å². The highest BCUT2D eigenvalue weighted by molar-refractivity contribution is 5.92. The molecule has 3 amide bonds. The van der Waals surface area contributed by atoms with E-state index in [-0.39, 0.29) is 17.6 Å². The first-order chi connectivity index (χ1) is 14.6. The van der Waals surface area contributed by atoms with Crippen LogP contribution >= 0.6 is 0 Å². The van der Waals surface area contributed by atoms with Crippen LogP contribution in [-0.2, 0) is 13.0 Å². The zero-order valence-electron chi connectivity index (χ0n) is 16.9. The number of urea groups is 1. The Labute approximate surface area is 175 Å². The fourth-order valence-electron chi connectivity index (χ4n) is 2.84. The summed E-state index contributed by atoms with van der Waals surface area (Å²) in [6.45, 7) is 2.43. The summed E-state index contributed by atoms with van der Waals surface area (Å²) in [5.41, 5.74) is 3.12. The van der Waals surface area contributed by atoms with Gasteiger partial charge in [-0.2, -0.15) is 0 Å². The first-order valence-electron chi connectivity index (χ1n) is 9.66. The normalized spacial score (nSPS) is 10.2. The molecule has 1 heterocycles. The predicted molar refractivity (Wildman–Crippen MR) is 116 cm³/mol. The Morgan fingerprint density at radius 1 is 1.00 bits per heavy atom. The molecule has 3 N–H and O–H groups in total. The van der Waals surface area contributed by atoms with Gasteiger partial charge < -0.3 is 20.7 Å². The first kappa shape index (κ1) is 20.9. The number of aryl methyl sites for hydroxylation is 1. The quantitative estimate of drug-likeness (QED) is 0.552. The smallest absolute Gasteiger partial charge is 0.319 e. The highest BCUT2D eigenvalue weighted by Gasteiger charge is 2.08. The van der Waals surface area contributed by atoms with Gasteiger partial charge >= 0.3 is 6.03 Å². The van der Waals surface area contributed by atoms with Gasteiger partial charge in [-0.05, 0) is 41.8 Å². The summed E-state index contributed by atoms with van der Waals surface area (Å²) >= 11 is 0. The third kappa shape index (κ3) is 5.57. The van der Waals surface area contributed by atoms with Gasteiger partial charge in [0.2, 0.25) is 0 Å². The standard InChI is InChI=1S/C23H24N4O3/c1-3-17-6-4-5-7-20(17)27-23(29)26-15-16-8-10-18(11-9-16)30-19-12-13-25-21(14-19)22(28)24-2/h4-14H,3,15H2,1-2H3,(H,24,28)(H2,26,27,29). The number of carbonyl (C=O) groups is 2. The monoisotopic (exact) mass is 404 g/mol. The SMILES string of the molecule is CCc1ccccc1NC(=O)NCc1ccc(Oc2ccnc(C(=O)NC)c2)cc1. The predicted octanol–water partition coefficient (Wildman–Crippen LogP) is 4.12. The van der Waals surface area contributed by atoms with Crippen molar-refractivity contribution in [2.24, 2.45) is 0 Å². The Kier molecular flexibility index (Phi) is 7.00. The summed E-state index contributed by atoms with van der Waals surface area (Å²) in [5.74, 6) is 0.860. The minimum atomic E-state index is -0.276. The van der Waals surface area contributed by atoms with E-state index in [4.69, 9.17) is 4.74 Å². The first-order valence-corrected chi connectivity index (χ1v) is 9.66. The molecule has 1 aromatic heterocycles. The number of pyridine rings is 1. The molecule has 0 saturated carbocycles. The van der Waals surface area contributed by atoms with Gasteiger partial charge in [-0.15, -0.1) is 0 Å². The zero-order chi connectivity index (χ0) is 21.3. The highest BCUT2D eigenvalue weighted by atomic mass is 16.5. The number of para-hydroxylation sites is 1. The van der Waals surface area contributed by atoms with Gasteiger partial charge in [-0.1, -0.05) is 37.3 Å². The van der Waals surface area contributed by atoms with Crippen LogP contribution in [0.1, 0.15) is 28.5 Å². The van der Waals surface area contributed by atoms with Crippen molar-refractivity contribution in [3.05, 3.63) is 83.7 Å². The molecule has 30 heavy (non-hydrogen) atoms. The third-order valence-electron chi connectivity index (χ3n) is 4.45. The van der Waals surface area contributed by atoms with Crippen LogP contribution in [0.15, 0.2) is 66.9 Å². The molecule has 0 spiro atoms. The number of benzene rings is 2. The van der Waals surface area contributed by atoms with Gasteiger partial charge in [0.15, 0.2) is 0 Å². The number of ether oxygens (including phenoxy) is 1. The fourth-order valence-corrected chi connectivity index (χ4v) is 2.84. The van der Waals surface area contributed by atoms with Gasteiger partial charge in [0.05, 0.1) is 0 Å². The number of nitrogens with one attached hydrogen (secondary N) is 3. The van der Waals surface area contributed by atoms with Crippen molar-refractivity contribution in [2.75, 3.05) is 12.4 Å². The van der Waals surface area contributed by atoms with Crippen molar-refractivity contribution in [1.29, 1.82) is 0 Å². The van der Waals surface area contributed by atoms with Gasteiger partial charge in [0, 0.05) is 31.5 Å². The van der Waals surface area contributed by atoms with Crippen molar-refractivity contribution in [3.63, 3.8) is 0 Å². The van der Waals surface area contributed by atoms with Gasteiger partial charge in [-0.25, -0.2) is 4.79 Å². The molecule has 0 atom stereocenters. The molecular weight excluding hydrogens is 380 g/mol. The number of hydrogen-bond donors (Lipinski definition) is 3. The van der Waals surface area contributed by atoms with E-state index in [9.17, 15) is 9.59 Å². The number of anilines is 1. The summed E-state index contributed by atoms with van der Waals surface area (Å²) in [6, 6.07) is 18.1. The van der Waals surface area contributed by atoms with E-state index in [1.54, 1.807) is 31.3 Å². The lowest BCUT2D eigenvalue weighted by atomic mass is 10.1. The maximum atomic E-state index is 12.2. The molecule has 0 radical (unpaired) electrons. The number of nitrogens with zero attached hydrogens (tertiary/aromatic N) is 1. The van der Waals surface area contributed by atoms with Crippen LogP contribution in [0, 0.1) is 0 Å². The van der Waals surface area contributed by atoms with E-state index in [0.29, 0.717) is 18.0 Å². The van der Waals surface area contributed by atoms with Gasteiger partial charge in [0.1, 0.15) is 17.2 Å². The average Bonchev–Trinajstić information content (AvgIpc) is 2.78. The lowest BCUT2D eigenvalue weighted by molar-refractivity contribution is 0.0958. The second kappa shape index (κ2) is 10.1. The van der Waals surface area contributed by atoms with E-state index in [1.165, 1.54) is 6.20 Å². The molecule has 2 aromatic carbocycles. The molecule has 7 nitrogen and oxygen atoms in total. The maximum Gasteiger partial charge on any atom is 0.319 e. The van der Waals surface area contributed by atoms with Crippen LogP contribution in [-0.4, -0.2) is 24.0 Å². The molecule has 0 aliphatic heterocycles. The molecule has 0 saturated heterocycles. The molecule has 3 rings (SSSR count). The van der Waals surface area contributed by atoms with Crippen LogP contribution in [0.25, 0.3) is 0 Å². The lowest BCUT2D eigenvalue weighted by Gasteiger charge is -2.11. The molecule has 0 fully saturated rings. The molecule has 3 aromatic rings. The average molecular weight is 404 g/mol. The highest BCUT2D eigenvalue weighted by Crippen LogP contribution is 2.22. The minimum Gasteiger partial charge on any atom is -0.457 e. The zero-order valence-corrected chi connectivity index (χ0v) is 16.9. The largest absolute Gasteiger partial charge is 0.457 e. The van der Waals surface area contributed by atoms with Crippen LogP contribution in [0.3, 0.4) is 0 Å². The van der Waals surface area contributed by atoms with Crippen molar-refractivity contribution >= 4 is 17.6 Å². The number of hydrogen-bond acceptors (Lipinski definition) is 4. The van der Waals surface area contributed by atoms with Gasteiger partial charge in [0.25, 0.3) is 5.91 Å². The van der Waals surface area contributed by atoms with Crippen LogP contribution < -0.4 is 20.7 Å². The molecule has 0 aliphatic carbocycles. The third-order valence-corrected chi connectivity index (χ3v) is 4.45. The molecule has 154 valence electrons. The summed E-state index contributed by atoms with van der Waals surface area (Å²) in [4.78, 5) is 27.9. The summed E-state index contributed by atoms with van der Waals surface area (Å²) in [6.07, 6.45) is 2.37. The summed E-state index contributed by atoms with van der Waals surface area (Å²) in [5, 5.41) is 8.26. The van der Waals surface area contributed by atoms with Gasteiger partial charge in [-0.3, -0.25) is 9.78 Å². The Bertz CT molecular complexity index is 1020. The second-order valence-electron chi connectivity index (χ2n) is 6.52. The molecule has 0 unspecified atom stereocenters. The maximum absolute atomic E-state index is 12.2. The number of carbonyl (C=O) groups excluding carboxylic acids is 2. The lowest BCUT2D eigenvalue weighted by Crippen LogP contribution is -2.28. The molecular formula is C23H24N4O3. The topological polar surface area (TPSA) is 92.3 Å². The van der Waals surface area contributed by atoms with Crippen molar-refractivity contribution in [3.8, 4) is 11.5 Å². The number of amides is 3. The van der Waals surface area contributed by atoms with E-state index in [2.05, 4.69) is 20.9 Å². The summed E-state index contributed by atoms with van der Waals surface area (Å²) < 4.78 is 5.78. The Hall–Kier alpha value is -3.87. The molecule has 0 aliphatic rings. The molecule has 0 bridgehead atoms.